The van der Waals surface area contributed by atoms with Gasteiger partial charge in [0, 0.05) is 67.5 Å². The highest BCUT2D eigenvalue weighted by molar-refractivity contribution is 5.97. The molecule has 0 radical (unpaired) electrons. The topological polar surface area (TPSA) is 113 Å². The number of carbonyl (C=O) groups is 1. The van der Waals surface area contributed by atoms with Crippen LogP contribution in [0.5, 0.6) is 6.01 Å². The molecule has 2 saturated heterocycles. The summed E-state index contributed by atoms with van der Waals surface area (Å²) >= 11 is 0. The summed E-state index contributed by atoms with van der Waals surface area (Å²) in [6.45, 7) is 8.61. The number of nitrogens with zero attached hydrogens (tertiary/aromatic N) is 8. The Labute approximate surface area is 226 Å². The van der Waals surface area contributed by atoms with Crippen molar-refractivity contribution in [1.29, 1.82) is 5.26 Å². The SMILES string of the molecule is C=CC(=O)N1CC2(CCN(c3nc(OCc4cccnc4)nc(-c4c(C)ccc5cnn(C)c45)c3C#N)C2)C1. The molecule has 196 valence electrons. The number of carbonyl (C=O) groups excluding carboxylic acids is 1. The molecular weight excluding hydrogens is 492 g/mol. The Kier molecular flexibility index (Phi) is 5.99. The van der Waals surface area contributed by atoms with Crippen LogP contribution in [0.15, 0.2) is 55.5 Å². The number of pyridine rings is 1. The zero-order chi connectivity index (χ0) is 27.1. The molecule has 0 unspecified atom stereocenters. The number of rotatable bonds is 6. The van der Waals surface area contributed by atoms with E-state index in [1.54, 1.807) is 17.1 Å². The molecule has 0 aliphatic carbocycles. The minimum Gasteiger partial charge on any atom is -0.458 e. The van der Waals surface area contributed by atoms with Gasteiger partial charge in [-0.3, -0.25) is 14.5 Å². The Balaban J connectivity index is 1.44. The van der Waals surface area contributed by atoms with Crippen LogP contribution in [0.3, 0.4) is 0 Å². The number of ether oxygens (including phenoxy) is 1. The molecule has 0 bridgehead atoms. The third kappa shape index (κ3) is 4.26. The normalized spacial score (nSPS) is 15.8. The Morgan fingerprint density at radius 3 is 2.82 bits per heavy atom. The van der Waals surface area contributed by atoms with Gasteiger partial charge in [-0.25, -0.2) is 0 Å². The molecule has 6 rings (SSSR count). The second kappa shape index (κ2) is 9.51. The standard InChI is InChI=1S/C29H28N8O2/c1-4-23(38)37-17-29(18-37)9-11-36(16-29)27-22(12-30)25(24-19(2)7-8-21-14-32-35(3)26(21)24)33-28(34-27)39-15-20-6-5-10-31-13-20/h4-8,10,13-14H,1,9,11,15-18H2,2-3H3. The summed E-state index contributed by atoms with van der Waals surface area (Å²) in [7, 11) is 1.89. The predicted octanol–water partition coefficient (Wildman–Crippen LogP) is 3.41. The van der Waals surface area contributed by atoms with E-state index in [2.05, 4.69) is 27.6 Å². The second-order valence-corrected chi connectivity index (χ2v) is 10.3. The Hall–Kier alpha value is -4.78. The molecule has 1 aromatic carbocycles. The molecule has 2 aliphatic rings. The third-order valence-electron chi connectivity index (χ3n) is 7.70. The van der Waals surface area contributed by atoms with E-state index in [0.717, 1.165) is 40.6 Å². The van der Waals surface area contributed by atoms with Crippen molar-refractivity contribution in [1.82, 2.24) is 29.6 Å². The Morgan fingerprint density at radius 1 is 1.23 bits per heavy atom. The first kappa shape index (κ1) is 24.6. The summed E-state index contributed by atoms with van der Waals surface area (Å²) in [5.41, 5.74) is 4.49. The van der Waals surface area contributed by atoms with Gasteiger partial charge in [0.05, 0.1) is 17.4 Å². The number of hydrogen-bond acceptors (Lipinski definition) is 8. The van der Waals surface area contributed by atoms with E-state index >= 15 is 0 Å². The van der Waals surface area contributed by atoms with Crippen molar-refractivity contribution in [3.63, 3.8) is 0 Å². The lowest BCUT2D eigenvalue weighted by Gasteiger charge is -2.47. The van der Waals surface area contributed by atoms with Crippen molar-refractivity contribution in [2.24, 2.45) is 12.5 Å². The number of fused-ring (bicyclic) bond motifs is 1. The smallest absolute Gasteiger partial charge is 0.319 e. The van der Waals surface area contributed by atoms with E-state index in [1.807, 2.05) is 49.3 Å². The van der Waals surface area contributed by atoms with Gasteiger partial charge in [-0.05, 0) is 31.1 Å². The zero-order valence-electron chi connectivity index (χ0n) is 22.0. The van der Waals surface area contributed by atoms with Gasteiger partial charge in [-0.2, -0.15) is 20.3 Å². The fraction of sp³-hybridized carbons (Fsp3) is 0.310. The maximum absolute atomic E-state index is 12.1. The van der Waals surface area contributed by atoms with Crippen LogP contribution in [-0.2, 0) is 18.4 Å². The lowest BCUT2D eigenvalue weighted by Crippen LogP contribution is -2.59. The van der Waals surface area contributed by atoms with E-state index in [4.69, 9.17) is 14.7 Å². The highest BCUT2D eigenvalue weighted by atomic mass is 16.5. The third-order valence-corrected chi connectivity index (χ3v) is 7.70. The van der Waals surface area contributed by atoms with Crippen LogP contribution in [0.4, 0.5) is 5.82 Å². The first-order chi connectivity index (χ1) is 18.9. The maximum Gasteiger partial charge on any atom is 0.319 e. The van der Waals surface area contributed by atoms with Gasteiger partial charge in [-0.1, -0.05) is 24.8 Å². The van der Waals surface area contributed by atoms with Crippen LogP contribution < -0.4 is 9.64 Å². The highest BCUT2D eigenvalue weighted by Crippen LogP contribution is 2.43. The summed E-state index contributed by atoms with van der Waals surface area (Å²) in [5, 5.41) is 15.9. The Morgan fingerprint density at radius 2 is 2.08 bits per heavy atom. The Bertz CT molecular complexity index is 1630. The molecular formula is C29H28N8O2. The molecule has 4 aromatic rings. The molecule has 1 amide bonds. The number of aryl methyl sites for hydroxylation is 2. The minimum absolute atomic E-state index is 0.0226. The molecule has 39 heavy (non-hydrogen) atoms. The molecule has 0 N–H and O–H groups in total. The van der Waals surface area contributed by atoms with Crippen LogP contribution >= 0.6 is 0 Å². The van der Waals surface area contributed by atoms with Gasteiger partial charge in [0.25, 0.3) is 0 Å². The quantitative estimate of drug-likeness (QED) is 0.356. The largest absolute Gasteiger partial charge is 0.458 e. The molecule has 2 aliphatic heterocycles. The number of anilines is 1. The molecule has 1 spiro atoms. The van der Waals surface area contributed by atoms with Gasteiger partial charge in [0.1, 0.15) is 18.2 Å². The predicted molar refractivity (Wildman–Crippen MR) is 146 cm³/mol. The van der Waals surface area contributed by atoms with Crippen LogP contribution in [0.2, 0.25) is 0 Å². The van der Waals surface area contributed by atoms with Crippen LogP contribution in [-0.4, -0.2) is 61.7 Å². The number of amides is 1. The maximum atomic E-state index is 12.1. The average molecular weight is 521 g/mol. The average Bonchev–Trinajstić information content (AvgIpc) is 3.55. The second-order valence-electron chi connectivity index (χ2n) is 10.3. The molecule has 3 aromatic heterocycles. The van der Waals surface area contributed by atoms with Crippen molar-refractivity contribution in [3.05, 3.63) is 72.2 Å². The summed E-state index contributed by atoms with van der Waals surface area (Å²) in [5.74, 6) is 0.500. The number of nitriles is 1. The fourth-order valence-corrected chi connectivity index (χ4v) is 5.73. The summed E-state index contributed by atoms with van der Waals surface area (Å²) in [6.07, 6.45) is 7.52. The van der Waals surface area contributed by atoms with E-state index < -0.39 is 0 Å². The molecule has 5 heterocycles. The summed E-state index contributed by atoms with van der Waals surface area (Å²) in [4.78, 5) is 29.7. The fourth-order valence-electron chi connectivity index (χ4n) is 5.73. The minimum atomic E-state index is -0.0491. The van der Waals surface area contributed by atoms with Crippen molar-refractivity contribution in [2.75, 3.05) is 31.1 Å². The molecule has 0 atom stereocenters. The van der Waals surface area contributed by atoms with Crippen molar-refractivity contribution in [3.8, 4) is 23.3 Å². The number of aromatic nitrogens is 5. The van der Waals surface area contributed by atoms with E-state index in [1.165, 1.54) is 6.08 Å². The number of benzene rings is 1. The summed E-state index contributed by atoms with van der Waals surface area (Å²) < 4.78 is 7.90. The van der Waals surface area contributed by atoms with Crippen LogP contribution in [0.25, 0.3) is 22.2 Å². The van der Waals surface area contributed by atoms with Gasteiger partial charge in [-0.15, -0.1) is 0 Å². The molecule has 0 saturated carbocycles. The first-order valence-electron chi connectivity index (χ1n) is 12.8. The van der Waals surface area contributed by atoms with Gasteiger partial charge in [0.2, 0.25) is 5.91 Å². The van der Waals surface area contributed by atoms with Crippen LogP contribution in [0.1, 0.15) is 23.1 Å². The monoisotopic (exact) mass is 520 g/mol. The van der Waals surface area contributed by atoms with Gasteiger partial charge >= 0.3 is 6.01 Å². The van der Waals surface area contributed by atoms with Gasteiger partial charge < -0.3 is 14.5 Å². The number of likely N-dealkylation sites (tertiary alicyclic amines) is 1. The van der Waals surface area contributed by atoms with Gasteiger partial charge in [0.15, 0.2) is 5.82 Å². The first-order valence-corrected chi connectivity index (χ1v) is 12.8. The van der Waals surface area contributed by atoms with Crippen molar-refractivity contribution in [2.45, 2.75) is 20.0 Å². The van der Waals surface area contributed by atoms with Crippen molar-refractivity contribution < 1.29 is 9.53 Å². The lowest BCUT2D eigenvalue weighted by molar-refractivity contribution is -0.136. The van der Waals surface area contributed by atoms with E-state index in [9.17, 15) is 10.1 Å². The summed E-state index contributed by atoms with van der Waals surface area (Å²) in [6, 6.07) is 10.4. The van der Waals surface area contributed by atoms with Crippen LogP contribution in [0, 0.1) is 23.7 Å². The van der Waals surface area contributed by atoms with E-state index in [-0.39, 0.29) is 23.9 Å². The van der Waals surface area contributed by atoms with E-state index in [0.29, 0.717) is 36.7 Å². The zero-order valence-corrected chi connectivity index (χ0v) is 22.0. The number of hydrogen-bond donors (Lipinski definition) is 0. The molecule has 10 nitrogen and oxygen atoms in total. The lowest BCUT2D eigenvalue weighted by atomic mass is 9.79. The highest BCUT2D eigenvalue weighted by Gasteiger charge is 2.49. The molecule has 10 heteroatoms. The van der Waals surface area contributed by atoms with Crippen molar-refractivity contribution >= 4 is 22.6 Å². The molecule has 2 fully saturated rings.